The number of nitrogens with zero attached hydrogens (tertiary/aromatic N) is 1. The zero-order chi connectivity index (χ0) is 13.0. The fraction of sp³-hybridized carbons (Fsp3) is 0.667. The lowest BCUT2D eigenvalue weighted by Gasteiger charge is -2.30. The fourth-order valence-electron chi connectivity index (χ4n) is 2.81. The molecular formula is C15H24N2O. The molecule has 1 aliphatic rings. The predicted molar refractivity (Wildman–Crippen MR) is 73.6 cm³/mol. The number of methoxy groups -OCH3 is 1. The third kappa shape index (κ3) is 3.45. The van der Waals surface area contributed by atoms with Crippen LogP contribution in [0.3, 0.4) is 0 Å². The summed E-state index contributed by atoms with van der Waals surface area (Å²) in [6.45, 7) is 2.34. The monoisotopic (exact) mass is 248 g/mol. The van der Waals surface area contributed by atoms with Gasteiger partial charge in [0.25, 0.3) is 0 Å². The molecule has 1 heterocycles. The Bertz CT molecular complexity index is 355. The normalized spacial score (nSPS) is 25.7. The zero-order valence-corrected chi connectivity index (χ0v) is 11.4. The number of hydrogen-bond donors (Lipinski definition) is 1. The highest BCUT2D eigenvalue weighted by molar-refractivity contribution is 5.18. The van der Waals surface area contributed by atoms with Crippen molar-refractivity contribution in [3.05, 3.63) is 23.9 Å². The highest BCUT2D eigenvalue weighted by Crippen LogP contribution is 2.30. The molecule has 0 saturated heterocycles. The van der Waals surface area contributed by atoms with Crippen LogP contribution in [0.25, 0.3) is 0 Å². The number of rotatable bonds is 4. The van der Waals surface area contributed by atoms with E-state index >= 15 is 0 Å². The van der Waals surface area contributed by atoms with E-state index in [2.05, 4.69) is 18.0 Å². The largest absolute Gasteiger partial charge is 0.481 e. The third-order valence-corrected chi connectivity index (χ3v) is 4.14. The van der Waals surface area contributed by atoms with Gasteiger partial charge in [0.15, 0.2) is 0 Å². The minimum Gasteiger partial charge on any atom is -0.481 e. The van der Waals surface area contributed by atoms with Crippen molar-refractivity contribution in [2.75, 3.05) is 7.11 Å². The van der Waals surface area contributed by atoms with Crippen LogP contribution in [0.4, 0.5) is 0 Å². The van der Waals surface area contributed by atoms with Crippen LogP contribution in [-0.4, -0.2) is 18.1 Å². The van der Waals surface area contributed by atoms with Crippen LogP contribution in [0.1, 0.15) is 38.2 Å². The minimum atomic E-state index is 0.271. The van der Waals surface area contributed by atoms with Crippen molar-refractivity contribution in [1.82, 2.24) is 4.98 Å². The van der Waals surface area contributed by atoms with Crippen molar-refractivity contribution in [3.8, 4) is 5.88 Å². The second-order valence-electron chi connectivity index (χ2n) is 5.60. The molecule has 0 amide bonds. The van der Waals surface area contributed by atoms with Gasteiger partial charge in [0, 0.05) is 18.3 Å². The van der Waals surface area contributed by atoms with Crippen LogP contribution in [0.2, 0.25) is 0 Å². The van der Waals surface area contributed by atoms with E-state index in [1.54, 1.807) is 7.11 Å². The molecule has 0 aromatic carbocycles. The minimum absolute atomic E-state index is 0.271. The van der Waals surface area contributed by atoms with Crippen LogP contribution < -0.4 is 10.5 Å². The molecule has 0 spiro atoms. The Kier molecular flexibility index (Phi) is 4.59. The molecule has 0 aliphatic heterocycles. The molecule has 3 nitrogen and oxygen atoms in total. The van der Waals surface area contributed by atoms with Gasteiger partial charge in [-0.05, 0) is 36.7 Å². The summed E-state index contributed by atoms with van der Waals surface area (Å²) < 4.78 is 5.06. The number of hydrogen-bond acceptors (Lipinski definition) is 3. The van der Waals surface area contributed by atoms with Crippen LogP contribution >= 0.6 is 0 Å². The number of ether oxygens (including phenoxy) is 1. The molecular weight excluding hydrogens is 224 g/mol. The number of pyridine rings is 1. The molecule has 1 aromatic heterocycles. The van der Waals surface area contributed by atoms with Crippen molar-refractivity contribution in [2.45, 2.75) is 45.1 Å². The van der Waals surface area contributed by atoms with Crippen molar-refractivity contribution >= 4 is 0 Å². The van der Waals surface area contributed by atoms with E-state index in [1.165, 1.54) is 31.2 Å². The molecule has 0 radical (unpaired) electrons. The first kappa shape index (κ1) is 13.3. The molecule has 3 heteroatoms. The Morgan fingerprint density at radius 3 is 2.61 bits per heavy atom. The van der Waals surface area contributed by atoms with Gasteiger partial charge in [0.05, 0.1) is 7.11 Å². The molecule has 0 bridgehead atoms. The fourth-order valence-corrected chi connectivity index (χ4v) is 2.81. The summed E-state index contributed by atoms with van der Waals surface area (Å²) in [6.07, 6.45) is 8.04. The first-order chi connectivity index (χ1) is 8.69. The van der Waals surface area contributed by atoms with Crippen molar-refractivity contribution < 1.29 is 4.74 Å². The molecule has 1 aliphatic carbocycles. The summed E-state index contributed by atoms with van der Waals surface area (Å²) in [7, 11) is 1.64. The summed E-state index contributed by atoms with van der Waals surface area (Å²) in [4.78, 5) is 4.23. The van der Waals surface area contributed by atoms with E-state index < -0.39 is 0 Å². The predicted octanol–water partition coefficient (Wildman–Crippen LogP) is 2.79. The van der Waals surface area contributed by atoms with E-state index in [4.69, 9.17) is 10.5 Å². The molecule has 1 unspecified atom stereocenters. The first-order valence-corrected chi connectivity index (χ1v) is 6.93. The summed E-state index contributed by atoms with van der Waals surface area (Å²) in [5.74, 6) is 2.23. The lowest BCUT2D eigenvalue weighted by molar-refractivity contribution is 0.253. The summed E-state index contributed by atoms with van der Waals surface area (Å²) >= 11 is 0. The molecule has 1 fully saturated rings. The van der Waals surface area contributed by atoms with Gasteiger partial charge in [0.1, 0.15) is 0 Å². The quantitative estimate of drug-likeness (QED) is 0.891. The Hall–Kier alpha value is -1.09. The Morgan fingerprint density at radius 1 is 1.33 bits per heavy atom. The van der Waals surface area contributed by atoms with E-state index in [9.17, 15) is 0 Å². The van der Waals surface area contributed by atoms with Gasteiger partial charge < -0.3 is 10.5 Å². The van der Waals surface area contributed by atoms with Gasteiger partial charge >= 0.3 is 0 Å². The number of aromatic nitrogens is 1. The molecule has 2 rings (SSSR count). The standard InChI is InChI=1S/C15H24N2O/c1-11-3-6-13(7-4-11)14(16)9-12-5-8-15(18-2)17-10-12/h5,8,10-11,13-14H,3-4,6-7,9,16H2,1-2H3. The smallest absolute Gasteiger partial charge is 0.212 e. The van der Waals surface area contributed by atoms with Gasteiger partial charge in [-0.3, -0.25) is 0 Å². The lowest BCUT2D eigenvalue weighted by Crippen LogP contribution is -2.34. The molecule has 18 heavy (non-hydrogen) atoms. The van der Waals surface area contributed by atoms with Gasteiger partial charge in [-0.2, -0.15) is 0 Å². The Morgan fingerprint density at radius 2 is 2.06 bits per heavy atom. The van der Waals surface area contributed by atoms with E-state index in [1.807, 2.05) is 12.3 Å². The maximum Gasteiger partial charge on any atom is 0.212 e. The summed E-state index contributed by atoms with van der Waals surface area (Å²) in [5, 5.41) is 0. The molecule has 100 valence electrons. The highest BCUT2D eigenvalue weighted by atomic mass is 16.5. The maximum atomic E-state index is 6.34. The van der Waals surface area contributed by atoms with Crippen LogP contribution in [0.15, 0.2) is 18.3 Å². The summed E-state index contributed by atoms with van der Waals surface area (Å²) in [5.41, 5.74) is 7.55. The van der Waals surface area contributed by atoms with Gasteiger partial charge in [0.2, 0.25) is 5.88 Å². The van der Waals surface area contributed by atoms with Crippen LogP contribution in [0.5, 0.6) is 5.88 Å². The van der Waals surface area contributed by atoms with E-state index in [0.717, 1.165) is 12.3 Å². The van der Waals surface area contributed by atoms with Crippen molar-refractivity contribution in [2.24, 2.45) is 17.6 Å². The molecule has 1 aromatic rings. The maximum absolute atomic E-state index is 6.34. The zero-order valence-electron chi connectivity index (χ0n) is 11.4. The third-order valence-electron chi connectivity index (χ3n) is 4.14. The van der Waals surface area contributed by atoms with Crippen LogP contribution in [-0.2, 0) is 6.42 Å². The van der Waals surface area contributed by atoms with Crippen LogP contribution in [0, 0.1) is 11.8 Å². The lowest BCUT2D eigenvalue weighted by atomic mass is 9.78. The number of nitrogens with two attached hydrogens (primary N) is 1. The second-order valence-corrected chi connectivity index (χ2v) is 5.60. The van der Waals surface area contributed by atoms with Gasteiger partial charge in [-0.1, -0.05) is 25.8 Å². The highest BCUT2D eigenvalue weighted by Gasteiger charge is 2.23. The average molecular weight is 248 g/mol. The first-order valence-electron chi connectivity index (χ1n) is 6.93. The molecule has 2 N–H and O–H groups in total. The molecule has 1 atom stereocenters. The second kappa shape index (κ2) is 6.19. The Labute approximate surface area is 110 Å². The topological polar surface area (TPSA) is 48.1 Å². The van der Waals surface area contributed by atoms with E-state index in [-0.39, 0.29) is 6.04 Å². The SMILES string of the molecule is COc1ccc(CC(N)C2CCC(C)CC2)cn1. The van der Waals surface area contributed by atoms with Crippen molar-refractivity contribution in [3.63, 3.8) is 0 Å². The Balaban J connectivity index is 1.87. The summed E-state index contributed by atoms with van der Waals surface area (Å²) in [6, 6.07) is 4.25. The average Bonchev–Trinajstić information content (AvgIpc) is 2.40. The van der Waals surface area contributed by atoms with E-state index in [0.29, 0.717) is 11.8 Å². The molecule has 1 saturated carbocycles. The van der Waals surface area contributed by atoms with Gasteiger partial charge in [-0.25, -0.2) is 4.98 Å². The van der Waals surface area contributed by atoms with Crippen molar-refractivity contribution in [1.29, 1.82) is 0 Å². The van der Waals surface area contributed by atoms with Gasteiger partial charge in [-0.15, -0.1) is 0 Å².